The average Bonchev–Trinajstić information content (AvgIpc) is 3.59. The zero-order valence-electron chi connectivity index (χ0n) is 21.0. The number of nitrogens with one attached hydrogen (secondary N) is 2. The summed E-state index contributed by atoms with van der Waals surface area (Å²) in [6.07, 6.45) is 0.499. The fourth-order valence-corrected chi connectivity index (χ4v) is 4.99. The predicted molar refractivity (Wildman–Crippen MR) is 139 cm³/mol. The lowest BCUT2D eigenvalue weighted by Crippen LogP contribution is -2.37. The molecule has 10 nitrogen and oxygen atoms in total. The molecule has 1 aromatic carbocycles. The van der Waals surface area contributed by atoms with E-state index in [1.54, 1.807) is 6.07 Å². The normalized spacial score (nSPS) is 25.9. The summed E-state index contributed by atoms with van der Waals surface area (Å²) in [5.74, 6) is -3.22. The summed E-state index contributed by atoms with van der Waals surface area (Å²) in [4.78, 5) is 25.1. The molecule has 4 atom stereocenters. The smallest absolute Gasteiger partial charge is 0.299 e. The first-order valence-corrected chi connectivity index (χ1v) is 12.6. The van der Waals surface area contributed by atoms with Gasteiger partial charge >= 0.3 is 0 Å². The van der Waals surface area contributed by atoms with Crippen LogP contribution in [0, 0.1) is 0 Å². The highest BCUT2D eigenvalue weighted by atomic mass is 35.5. The average molecular weight is 551 g/mol. The maximum Gasteiger partial charge on any atom is 0.299 e. The Kier molecular flexibility index (Phi) is 7.40. The Morgan fingerprint density at radius 1 is 1.37 bits per heavy atom. The number of aromatic nitrogens is 2. The zero-order valence-corrected chi connectivity index (χ0v) is 21.8. The van der Waals surface area contributed by atoms with Crippen molar-refractivity contribution in [3.63, 3.8) is 0 Å². The number of anilines is 4. The van der Waals surface area contributed by atoms with E-state index >= 15 is 0 Å². The molecular weight excluding hydrogens is 522 g/mol. The second-order valence-corrected chi connectivity index (χ2v) is 10.1. The molecule has 204 valence electrons. The summed E-state index contributed by atoms with van der Waals surface area (Å²) in [7, 11) is 4.11. The summed E-state index contributed by atoms with van der Waals surface area (Å²) in [6.45, 7) is 4.44. The molecule has 0 radical (unpaired) electrons. The molecule has 2 aromatic rings. The highest BCUT2D eigenvalue weighted by Gasteiger charge is 2.59. The highest BCUT2D eigenvalue weighted by Crippen LogP contribution is 2.40. The Bertz CT molecular complexity index is 1220. The number of hydrogen-bond donors (Lipinski definition) is 2. The maximum atomic E-state index is 13.9. The van der Waals surface area contributed by atoms with Crippen molar-refractivity contribution in [2.45, 2.75) is 36.7 Å². The topological polar surface area (TPSA) is 101 Å². The highest BCUT2D eigenvalue weighted by molar-refractivity contribution is 6.31. The minimum atomic E-state index is -3.07. The van der Waals surface area contributed by atoms with Gasteiger partial charge in [-0.2, -0.15) is 4.98 Å². The molecule has 1 aromatic heterocycles. The summed E-state index contributed by atoms with van der Waals surface area (Å²) in [5, 5.41) is 6.07. The van der Waals surface area contributed by atoms with E-state index in [9.17, 15) is 13.6 Å². The molecule has 3 saturated heterocycles. The lowest BCUT2D eigenvalue weighted by molar-refractivity contribution is -0.111. The zero-order chi connectivity index (χ0) is 27.0. The van der Waals surface area contributed by atoms with Crippen LogP contribution in [0.25, 0.3) is 0 Å². The first-order valence-electron chi connectivity index (χ1n) is 12.2. The summed E-state index contributed by atoms with van der Waals surface area (Å²) in [5.41, 5.74) is 2.10. The van der Waals surface area contributed by atoms with E-state index in [0.29, 0.717) is 17.4 Å². The molecule has 3 fully saturated rings. The van der Waals surface area contributed by atoms with E-state index in [2.05, 4.69) is 51.1 Å². The third-order valence-electron chi connectivity index (χ3n) is 6.89. The van der Waals surface area contributed by atoms with Gasteiger partial charge in [0, 0.05) is 24.8 Å². The van der Waals surface area contributed by atoms with E-state index < -0.39 is 30.8 Å². The van der Waals surface area contributed by atoms with Gasteiger partial charge in [-0.25, -0.2) is 13.8 Å². The lowest BCUT2D eigenvalue weighted by Gasteiger charge is -2.24. The SMILES string of the molecule is C=CC(=O)Nc1cc(Nc2ncc(Cl)c(O[C@H]3CO[C@@H]4[C@H]3OCC4(F)F)n2)ccc1N1CCC(N(C)C)C1. The van der Waals surface area contributed by atoms with Gasteiger partial charge in [-0.05, 0) is 44.8 Å². The molecule has 4 heterocycles. The molecule has 38 heavy (non-hydrogen) atoms. The lowest BCUT2D eigenvalue weighted by atomic mass is 10.1. The Morgan fingerprint density at radius 3 is 2.92 bits per heavy atom. The van der Waals surface area contributed by atoms with Crippen LogP contribution in [0.15, 0.2) is 37.1 Å². The molecule has 3 aliphatic heterocycles. The molecule has 5 rings (SSSR count). The quantitative estimate of drug-likeness (QED) is 0.479. The minimum Gasteiger partial charge on any atom is -0.468 e. The van der Waals surface area contributed by atoms with Gasteiger partial charge in [0.05, 0.1) is 24.2 Å². The van der Waals surface area contributed by atoms with Crippen molar-refractivity contribution in [3.05, 3.63) is 42.1 Å². The maximum absolute atomic E-state index is 13.9. The van der Waals surface area contributed by atoms with Crippen LogP contribution in [0.3, 0.4) is 0 Å². The Balaban J connectivity index is 1.33. The molecule has 0 saturated carbocycles. The van der Waals surface area contributed by atoms with Crippen molar-refractivity contribution in [2.24, 2.45) is 0 Å². The Morgan fingerprint density at radius 2 is 2.18 bits per heavy atom. The number of likely N-dealkylation sites (N-methyl/N-ethyl adjacent to an activating group) is 1. The molecule has 0 spiro atoms. The van der Waals surface area contributed by atoms with Crippen molar-refractivity contribution < 1.29 is 27.8 Å². The van der Waals surface area contributed by atoms with Crippen LogP contribution in [-0.2, 0) is 14.3 Å². The van der Waals surface area contributed by atoms with Gasteiger partial charge < -0.3 is 34.6 Å². The van der Waals surface area contributed by atoms with Crippen LogP contribution in [0.5, 0.6) is 5.88 Å². The number of alkyl halides is 2. The predicted octanol–water partition coefficient (Wildman–Crippen LogP) is 3.32. The Hall–Kier alpha value is -3.06. The van der Waals surface area contributed by atoms with Crippen LogP contribution in [0.1, 0.15) is 6.42 Å². The standard InChI is InChI=1S/C25H29ClF2N6O4/c1-4-20(35)31-17-9-14(5-6-18(17)34-8-7-15(11-34)33(2)3)30-24-29-10-16(26)23(32-24)38-19-12-36-22-21(19)37-13-25(22,27)28/h4-6,9-10,15,19,21-22H,1,7-8,11-13H2,2-3H3,(H,31,35)(H,29,30,32)/t15?,19-,21-,22+/m0/s1. The number of rotatable bonds is 8. The van der Waals surface area contributed by atoms with Crippen molar-refractivity contribution in [3.8, 4) is 5.88 Å². The van der Waals surface area contributed by atoms with Crippen molar-refractivity contribution in [1.29, 1.82) is 0 Å². The van der Waals surface area contributed by atoms with Crippen molar-refractivity contribution in [2.75, 3.05) is 55.9 Å². The molecular formula is C25H29ClF2N6O4. The molecule has 3 aliphatic rings. The summed E-state index contributed by atoms with van der Waals surface area (Å²) >= 11 is 6.23. The minimum absolute atomic E-state index is 0.0147. The number of fused-ring (bicyclic) bond motifs is 1. The number of ether oxygens (including phenoxy) is 3. The number of amides is 1. The second-order valence-electron chi connectivity index (χ2n) is 9.70. The number of carbonyl (C=O) groups is 1. The van der Waals surface area contributed by atoms with Crippen LogP contribution in [0.4, 0.5) is 31.8 Å². The molecule has 1 unspecified atom stereocenters. The fraction of sp³-hybridized carbons (Fsp3) is 0.480. The molecule has 1 amide bonds. The molecule has 13 heteroatoms. The molecule has 0 bridgehead atoms. The first-order chi connectivity index (χ1) is 18.1. The van der Waals surface area contributed by atoms with Crippen LogP contribution < -0.4 is 20.3 Å². The number of halogens is 3. The largest absolute Gasteiger partial charge is 0.468 e. The van der Waals surface area contributed by atoms with Crippen molar-refractivity contribution >= 4 is 40.5 Å². The van der Waals surface area contributed by atoms with E-state index in [1.807, 2.05) is 12.1 Å². The summed E-state index contributed by atoms with van der Waals surface area (Å²) in [6, 6.07) is 5.96. The van der Waals surface area contributed by atoms with E-state index in [4.69, 9.17) is 25.8 Å². The number of benzene rings is 1. The van der Waals surface area contributed by atoms with Gasteiger partial charge in [-0.1, -0.05) is 18.2 Å². The third-order valence-corrected chi connectivity index (χ3v) is 7.15. The molecule has 0 aliphatic carbocycles. The third kappa shape index (κ3) is 5.39. The van der Waals surface area contributed by atoms with Crippen LogP contribution in [-0.4, -0.2) is 91.4 Å². The van der Waals surface area contributed by atoms with E-state index in [0.717, 1.165) is 25.2 Å². The monoisotopic (exact) mass is 550 g/mol. The van der Waals surface area contributed by atoms with Gasteiger partial charge in [0.2, 0.25) is 17.7 Å². The van der Waals surface area contributed by atoms with Gasteiger partial charge in [0.1, 0.15) is 17.7 Å². The second kappa shape index (κ2) is 10.6. The molecule has 2 N–H and O–H groups in total. The van der Waals surface area contributed by atoms with Gasteiger partial charge in [0.25, 0.3) is 5.92 Å². The van der Waals surface area contributed by atoms with E-state index in [1.165, 1.54) is 12.3 Å². The van der Waals surface area contributed by atoms with Crippen molar-refractivity contribution in [1.82, 2.24) is 14.9 Å². The fourth-order valence-electron chi connectivity index (χ4n) is 4.85. The van der Waals surface area contributed by atoms with E-state index in [-0.39, 0.29) is 29.4 Å². The Labute approximate surface area is 223 Å². The van der Waals surface area contributed by atoms with Gasteiger partial charge in [0.15, 0.2) is 12.2 Å². The van der Waals surface area contributed by atoms with Gasteiger partial charge in [-0.3, -0.25) is 4.79 Å². The van der Waals surface area contributed by atoms with Crippen LogP contribution in [0.2, 0.25) is 5.02 Å². The number of carbonyl (C=O) groups excluding carboxylic acids is 1. The van der Waals surface area contributed by atoms with Gasteiger partial charge in [-0.15, -0.1) is 0 Å². The van der Waals surface area contributed by atoms with Crippen LogP contribution >= 0.6 is 11.6 Å². The number of nitrogens with zero attached hydrogens (tertiary/aromatic N) is 4. The summed E-state index contributed by atoms with van der Waals surface area (Å²) < 4.78 is 44.1. The first kappa shape index (κ1) is 26.5. The number of hydrogen-bond acceptors (Lipinski definition) is 9.